The Labute approximate surface area is 389 Å². The molecule has 4 aromatic heterocycles. The van der Waals surface area contributed by atoms with Crippen LogP contribution in [-0.2, 0) is 0 Å². The van der Waals surface area contributed by atoms with E-state index in [1.165, 1.54) is 70.3 Å². The zero-order valence-electron chi connectivity index (χ0n) is 36.1. The molecule has 4 nitrogen and oxygen atoms in total. The summed E-state index contributed by atoms with van der Waals surface area (Å²) in [7, 11) is 0. The quantitative estimate of drug-likeness (QED) is 0.167. The predicted octanol–water partition coefficient (Wildman–Crippen LogP) is 16.9. The fraction of sp³-hybridized carbons (Fsp3) is 0. The predicted molar refractivity (Wildman–Crippen MR) is 283 cm³/mol. The minimum atomic E-state index is 0.662. The maximum atomic E-state index is 5.46. The van der Waals surface area contributed by atoms with Crippen molar-refractivity contribution in [3.05, 3.63) is 231 Å². The van der Waals surface area contributed by atoms with Crippen molar-refractivity contribution >= 4 is 86.7 Å². The first-order valence-corrected chi connectivity index (χ1v) is 23.5. The lowest BCUT2D eigenvalue weighted by atomic mass is 9.96. The highest BCUT2D eigenvalue weighted by atomic mass is 32.1. The van der Waals surface area contributed by atoms with Crippen LogP contribution in [0.2, 0.25) is 0 Å². The van der Waals surface area contributed by atoms with E-state index in [1.54, 1.807) is 11.3 Å². The van der Waals surface area contributed by atoms with E-state index in [1.807, 2.05) is 0 Å². The molecule has 0 aliphatic heterocycles. The van der Waals surface area contributed by atoms with Crippen LogP contribution in [0, 0.1) is 0 Å². The van der Waals surface area contributed by atoms with Gasteiger partial charge in [0.05, 0.1) is 27.8 Å². The number of hydrogen-bond donors (Lipinski definition) is 0. The summed E-state index contributed by atoms with van der Waals surface area (Å²) < 4.78 is 4.68. The molecule has 0 saturated heterocycles. The van der Waals surface area contributed by atoms with Gasteiger partial charge in [-0.15, -0.1) is 11.3 Å². The average molecular weight is 871 g/mol. The summed E-state index contributed by atoms with van der Waals surface area (Å²) in [5.41, 5.74) is 13.6. The Hall–Kier alpha value is -8.64. The van der Waals surface area contributed by atoms with Crippen LogP contribution in [0.5, 0.6) is 0 Å². The highest BCUT2D eigenvalue weighted by Crippen LogP contribution is 2.43. The summed E-state index contributed by atoms with van der Waals surface area (Å²) in [6, 6.07) is 83.4. The van der Waals surface area contributed by atoms with Gasteiger partial charge in [0.25, 0.3) is 0 Å². The number of para-hydroxylation sites is 1. The Bertz CT molecular complexity index is 4260. The highest BCUT2D eigenvalue weighted by molar-refractivity contribution is 7.22. The van der Waals surface area contributed by atoms with Gasteiger partial charge in [0, 0.05) is 43.1 Å². The summed E-state index contributed by atoms with van der Waals surface area (Å²) in [6.07, 6.45) is 0. The van der Waals surface area contributed by atoms with Gasteiger partial charge in [0.1, 0.15) is 4.83 Å². The monoisotopic (exact) mass is 870 g/mol. The summed E-state index contributed by atoms with van der Waals surface area (Å²) in [4.78, 5) is 13.0. The number of benzene rings is 10. The lowest BCUT2D eigenvalue weighted by Gasteiger charge is -2.11. The van der Waals surface area contributed by atoms with Crippen LogP contribution in [0.25, 0.3) is 131 Å². The standard InChI is InChI=1S/C62H38N4S/c1-4-17-41(18-5-1)57-38-52-60(42-19-6-2-7-20-42)63-62(64-61(52)67-57)66-54-32-30-46(37-51(54)59-49-26-13-11-16-40(49)28-34-56(59)66)44-22-14-21-43(35-44)45-29-31-53-50(36-45)58-48-25-12-10-15-39(48)27-33-55(58)65(53)47-23-8-3-9-24-47/h1-38H. The number of aromatic nitrogens is 4. The van der Waals surface area contributed by atoms with Gasteiger partial charge < -0.3 is 4.57 Å². The van der Waals surface area contributed by atoms with Crippen LogP contribution in [0.4, 0.5) is 0 Å². The Morgan fingerprint density at radius 1 is 0.313 bits per heavy atom. The third kappa shape index (κ3) is 5.99. The van der Waals surface area contributed by atoms with E-state index in [0.717, 1.165) is 54.7 Å². The molecule has 14 aromatic rings. The van der Waals surface area contributed by atoms with Crippen molar-refractivity contribution in [2.24, 2.45) is 0 Å². The van der Waals surface area contributed by atoms with Crippen molar-refractivity contribution in [1.29, 1.82) is 0 Å². The van der Waals surface area contributed by atoms with E-state index in [-0.39, 0.29) is 0 Å². The molecular formula is C62H38N4S. The average Bonchev–Trinajstić information content (AvgIpc) is 4.09. The van der Waals surface area contributed by atoms with Gasteiger partial charge in [-0.3, -0.25) is 4.57 Å². The van der Waals surface area contributed by atoms with Gasteiger partial charge in [0.2, 0.25) is 5.95 Å². The Kier molecular flexibility index (Phi) is 8.42. The van der Waals surface area contributed by atoms with Crippen LogP contribution < -0.4 is 0 Å². The molecule has 67 heavy (non-hydrogen) atoms. The molecule has 14 rings (SSSR count). The molecule has 0 aliphatic rings. The normalized spacial score (nSPS) is 11.9. The molecule has 0 radical (unpaired) electrons. The first kappa shape index (κ1) is 37.7. The number of thiophene rings is 1. The van der Waals surface area contributed by atoms with E-state index in [9.17, 15) is 0 Å². The zero-order chi connectivity index (χ0) is 44.0. The molecule has 0 aliphatic carbocycles. The molecule has 312 valence electrons. The smallest absolute Gasteiger partial charge is 0.236 e. The number of hydrogen-bond acceptors (Lipinski definition) is 3. The summed E-state index contributed by atoms with van der Waals surface area (Å²) in [6.45, 7) is 0. The fourth-order valence-electron chi connectivity index (χ4n) is 10.5. The van der Waals surface area contributed by atoms with Crippen molar-refractivity contribution in [2.45, 2.75) is 0 Å². The Morgan fingerprint density at radius 3 is 1.43 bits per heavy atom. The number of fused-ring (bicyclic) bond motifs is 11. The second kappa shape index (κ2) is 15.0. The molecule has 4 heterocycles. The van der Waals surface area contributed by atoms with E-state index in [0.29, 0.717) is 5.95 Å². The lowest BCUT2D eigenvalue weighted by molar-refractivity contribution is 1.02. The molecule has 0 unspecified atom stereocenters. The van der Waals surface area contributed by atoms with E-state index < -0.39 is 0 Å². The molecule has 0 fully saturated rings. The summed E-state index contributed by atoms with van der Waals surface area (Å²) in [5.74, 6) is 0.662. The molecule has 0 spiro atoms. The van der Waals surface area contributed by atoms with Crippen LogP contribution >= 0.6 is 11.3 Å². The second-order valence-corrected chi connectivity index (χ2v) is 18.4. The molecule has 10 aromatic carbocycles. The highest BCUT2D eigenvalue weighted by Gasteiger charge is 2.22. The first-order chi connectivity index (χ1) is 33.2. The third-order valence-corrected chi connectivity index (χ3v) is 14.6. The van der Waals surface area contributed by atoms with Crippen LogP contribution in [-0.4, -0.2) is 19.1 Å². The first-order valence-electron chi connectivity index (χ1n) is 22.7. The van der Waals surface area contributed by atoms with Gasteiger partial charge in [-0.25, -0.2) is 9.97 Å². The molecule has 0 atom stereocenters. The van der Waals surface area contributed by atoms with Crippen molar-refractivity contribution < 1.29 is 0 Å². The maximum Gasteiger partial charge on any atom is 0.236 e. The lowest BCUT2D eigenvalue weighted by Crippen LogP contribution is -2.02. The second-order valence-electron chi connectivity index (χ2n) is 17.3. The van der Waals surface area contributed by atoms with E-state index >= 15 is 0 Å². The maximum absolute atomic E-state index is 5.46. The van der Waals surface area contributed by atoms with Gasteiger partial charge in [0.15, 0.2) is 0 Å². The van der Waals surface area contributed by atoms with Crippen LogP contribution in [0.15, 0.2) is 231 Å². The van der Waals surface area contributed by atoms with Crippen molar-refractivity contribution in [2.75, 3.05) is 0 Å². The van der Waals surface area contributed by atoms with E-state index in [2.05, 4.69) is 240 Å². The molecule has 0 saturated carbocycles. The summed E-state index contributed by atoms with van der Waals surface area (Å²) in [5, 5.41) is 10.8. The van der Waals surface area contributed by atoms with Gasteiger partial charge >= 0.3 is 0 Å². The van der Waals surface area contributed by atoms with Crippen molar-refractivity contribution in [3.63, 3.8) is 0 Å². The van der Waals surface area contributed by atoms with Crippen molar-refractivity contribution in [3.8, 4) is 55.6 Å². The topological polar surface area (TPSA) is 35.6 Å². The SMILES string of the molecule is c1ccc(-c2cc3c(-c4ccccc4)nc(-n4c5ccc(-c6cccc(-c7ccc8c(c7)c7c9ccccc9ccc7n8-c7ccccc7)c6)cc5c5c6ccccc6ccc54)nc3s2)cc1. The molecule has 0 amide bonds. The van der Waals surface area contributed by atoms with Gasteiger partial charge in [-0.1, -0.05) is 170 Å². The minimum absolute atomic E-state index is 0.662. The van der Waals surface area contributed by atoms with Gasteiger partial charge in [-0.05, 0) is 110 Å². The summed E-state index contributed by atoms with van der Waals surface area (Å²) >= 11 is 1.72. The Balaban J connectivity index is 0.952. The minimum Gasteiger partial charge on any atom is -0.309 e. The molecule has 0 N–H and O–H groups in total. The number of nitrogens with zero attached hydrogens (tertiary/aromatic N) is 4. The number of rotatable bonds is 6. The van der Waals surface area contributed by atoms with E-state index in [4.69, 9.17) is 9.97 Å². The van der Waals surface area contributed by atoms with Crippen LogP contribution in [0.1, 0.15) is 0 Å². The molecular weight excluding hydrogens is 833 g/mol. The van der Waals surface area contributed by atoms with Crippen LogP contribution in [0.3, 0.4) is 0 Å². The Morgan fingerprint density at radius 2 is 0.806 bits per heavy atom. The molecule has 0 bridgehead atoms. The third-order valence-electron chi connectivity index (χ3n) is 13.5. The largest absolute Gasteiger partial charge is 0.309 e. The fourth-order valence-corrected chi connectivity index (χ4v) is 11.5. The van der Waals surface area contributed by atoms with Crippen molar-refractivity contribution in [1.82, 2.24) is 19.1 Å². The van der Waals surface area contributed by atoms with Gasteiger partial charge in [-0.2, -0.15) is 0 Å². The zero-order valence-corrected chi connectivity index (χ0v) is 37.0. The molecule has 5 heteroatoms.